The molecule has 1 aromatic carbocycles. The third kappa shape index (κ3) is 0.932. The molecule has 1 aromatic rings. The van der Waals surface area contributed by atoms with E-state index in [1.807, 2.05) is 0 Å². The quantitative estimate of drug-likeness (QED) is 0.636. The lowest BCUT2D eigenvalue weighted by Gasteiger charge is -2.22. The van der Waals surface area contributed by atoms with Crippen molar-refractivity contribution in [3.8, 4) is 0 Å². The Kier molecular flexibility index (Phi) is 1.43. The average molecular weight is 173 g/mol. The third-order valence-electron chi connectivity index (χ3n) is 3.68. The predicted octanol–water partition coefficient (Wildman–Crippen LogP) is 2.92. The van der Waals surface area contributed by atoms with E-state index in [1.165, 1.54) is 37.9 Å². The van der Waals surface area contributed by atoms with Crippen LogP contribution >= 0.6 is 0 Å². The Labute approximate surface area is 79.2 Å². The van der Waals surface area contributed by atoms with E-state index in [9.17, 15) is 0 Å². The normalized spacial score (nSPS) is 23.1. The Morgan fingerprint density at radius 1 is 1.08 bits per heavy atom. The lowest BCUT2D eigenvalue weighted by atomic mass is 9.81. The number of benzene rings is 1. The molecule has 1 spiro atoms. The summed E-state index contributed by atoms with van der Waals surface area (Å²) in [7, 11) is 0. The maximum atomic E-state index is 3.53. The monoisotopic (exact) mass is 173 g/mol. The Bertz CT molecular complexity index is 324. The van der Waals surface area contributed by atoms with E-state index in [4.69, 9.17) is 0 Å². The van der Waals surface area contributed by atoms with Crippen LogP contribution in [0.4, 0.5) is 5.69 Å². The van der Waals surface area contributed by atoms with Crippen LogP contribution in [0.1, 0.15) is 31.2 Å². The molecule has 0 amide bonds. The van der Waals surface area contributed by atoms with Crippen LogP contribution < -0.4 is 5.32 Å². The molecule has 0 saturated heterocycles. The number of anilines is 1. The largest absolute Gasteiger partial charge is 0.384 e. The van der Waals surface area contributed by atoms with Crippen molar-refractivity contribution in [3.05, 3.63) is 29.8 Å². The van der Waals surface area contributed by atoms with E-state index in [-0.39, 0.29) is 0 Å². The molecule has 13 heavy (non-hydrogen) atoms. The summed E-state index contributed by atoms with van der Waals surface area (Å²) in [6.07, 6.45) is 5.60. The highest BCUT2D eigenvalue weighted by Crippen LogP contribution is 2.47. The van der Waals surface area contributed by atoms with E-state index >= 15 is 0 Å². The second-order valence-electron chi connectivity index (χ2n) is 4.39. The fourth-order valence-electron chi connectivity index (χ4n) is 2.96. The second kappa shape index (κ2) is 2.50. The number of nitrogens with one attached hydrogen (secondary N) is 1. The summed E-state index contributed by atoms with van der Waals surface area (Å²) in [5.74, 6) is 0. The minimum absolute atomic E-state index is 0.511. The molecule has 1 nitrogen and oxygen atoms in total. The van der Waals surface area contributed by atoms with Crippen LogP contribution in [0.2, 0.25) is 0 Å². The van der Waals surface area contributed by atoms with Gasteiger partial charge in [0.1, 0.15) is 0 Å². The van der Waals surface area contributed by atoms with Crippen molar-refractivity contribution in [1.82, 2.24) is 0 Å². The summed E-state index contributed by atoms with van der Waals surface area (Å²) in [4.78, 5) is 0. The van der Waals surface area contributed by atoms with E-state index in [0.29, 0.717) is 5.41 Å². The van der Waals surface area contributed by atoms with Gasteiger partial charge in [-0.05, 0) is 24.5 Å². The van der Waals surface area contributed by atoms with Crippen molar-refractivity contribution in [1.29, 1.82) is 0 Å². The topological polar surface area (TPSA) is 12.0 Å². The molecule has 1 aliphatic heterocycles. The smallest absolute Gasteiger partial charge is 0.0379 e. The first kappa shape index (κ1) is 7.43. The highest BCUT2D eigenvalue weighted by Gasteiger charge is 2.40. The predicted molar refractivity (Wildman–Crippen MR) is 55.1 cm³/mol. The summed E-state index contributed by atoms with van der Waals surface area (Å²) in [6, 6.07) is 8.81. The zero-order valence-corrected chi connectivity index (χ0v) is 7.84. The van der Waals surface area contributed by atoms with Crippen molar-refractivity contribution < 1.29 is 0 Å². The minimum atomic E-state index is 0.511. The van der Waals surface area contributed by atoms with Crippen LogP contribution in [0, 0.1) is 0 Å². The zero-order valence-electron chi connectivity index (χ0n) is 7.84. The average Bonchev–Trinajstić information content (AvgIpc) is 2.78. The van der Waals surface area contributed by atoms with Gasteiger partial charge in [0.25, 0.3) is 0 Å². The summed E-state index contributed by atoms with van der Waals surface area (Å²) >= 11 is 0. The molecule has 2 aliphatic rings. The summed E-state index contributed by atoms with van der Waals surface area (Å²) in [6.45, 7) is 1.17. The second-order valence-corrected chi connectivity index (χ2v) is 4.39. The van der Waals surface area contributed by atoms with E-state index in [2.05, 4.69) is 29.6 Å². The molecule has 1 N–H and O–H groups in total. The minimum Gasteiger partial charge on any atom is -0.384 e. The molecule has 0 bridgehead atoms. The van der Waals surface area contributed by atoms with Crippen molar-refractivity contribution in [3.63, 3.8) is 0 Å². The summed E-state index contributed by atoms with van der Waals surface area (Å²) in [5, 5.41) is 3.53. The van der Waals surface area contributed by atoms with E-state index < -0.39 is 0 Å². The molecule has 1 saturated carbocycles. The van der Waals surface area contributed by atoms with Crippen molar-refractivity contribution in [2.45, 2.75) is 31.1 Å². The number of fused-ring (bicyclic) bond motifs is 2. The van der Waals surface area contributed by atoms with Gasteiger partial charge in [0.15, 0.2) is 0 Å². The van der Waals surface area contributed by atoms with Gasteiger partial charge in [-0.1, -0.05) is 31.0 Å². The lowest BCUT2D eigenvalue weighted by Crippen LogP contribution is -2.23. The van der Waals surface area contributed by atoms with Gasteiger partial charge in [0, 0.05) is 17.6 Å². The molecule has 0 aromatic heterocycles. The Morgan fingerprint density at radius 3 is 2.69 bits per heavy atom. The zero-order chi connectivity index (χ0) is 8.73. The molecule has 1 heterocycles. The van der Waals surface area contributed by atoms with E-state index in [1.54, 1.807) is 5.56 Å². The Morgan fingerprint density at radius 2 is 1.85 bits per heavy atom. The van der Waals surface area contributed by atoms with Gasteiger partial charge in [-0.3, -0.25) is 0 Å². The maximum absolute atomic E-state index is 3.53. The number of hydrogen-bond acceptors (Lipinski definition) is 1. The van der Waals surface area contributed by atoms with Gasteiger partial charge in [-0.2, -0.15) is 0 Å². The van der Waals surface area contributed by atoms with Crippen molar-refractivity contribution in [2.75, 3.05) is 11.9 Å². The molecule has 0 atom stereocenters. The standard InChI is InChI=1S/C12H15N/c1-2-6-11-10(5-1)12(9-13-11)7-3-4-8-12/h1-2,5-6,13H,3-4,7-9H2. The lowest BCUT2D eigenvalue weighted by molar-refractivity contribution is 0.489. The fraction of sp³-hybridized carbons (Fsp3) is 0.500. The van der Waals surface area contributed by atoms with Gasteiger partial charge in [-0.15, -0.1) is 0 Å². The van der Waals surface area contributed by atoms with Crippen LogP contribution in [0.5, 0.6) is 0 Å². The van der Waals surface area contributed by atoms with Crippen molar-refractivity contribution in [2.24, 2.45) is 0 Å². The maximum Gasteiger partial charge on any atom is 0.0379 e. The molecular weight excluding hydrogens is 158 g/mol. The van der Waals surface area contributed by atoms with Crippen LogP contribution in [0.3, 0.4) is 0 Å². The first-order chi connectivity index (χ1) is 6.41. The number of para-hydroxylation sites is 1. The molecule has 0 radical (unpaired) electrons. The number of hydrogen-bond donors (Lipinski definition) is 1. The number of rotatable bonds is 0. The van der Waals surface area contributed by atoms with Gasteiger partial charge < -0.3 is 5.32 Å². The van der Waals surface area contributed by atoms with Crippen molar-refractivity contribution >= 4 is 5.69 Å². The Hall–Kier alpha value is -0.980. The third-order valence-corrected chi connectivity index (χ3v) is 3.68. The van der Waals surface area contributed by atoms with Crippen LogP contribution in [0.15, 0.2) is 24.3 Å². The van der Waals surface area contributed by atoms with E-state index in [0.717, 1.165) is 0 Å². The molecule has 1 heteroatoms. The molecular formula is C12H15N. The highest BCUT2D eigenvalue weighted by atomic mass is 14.9. The first-order valence-corrected chi connectivity index (χ1v) is 5.24. The van der Waals surface area contributed by atoms with Crippen LogP contribution in [-0.4, -0.2) is 6.54 Å². The van der Waals surface area contributed by atoms with Crippen LogP contribution in [0.25, 0.3) is 0 Å². The van der Waals surface area contributed by atoms with Gasteiger partial charge in [0.05, 0.1) is 0 Å². The Balaban J connectivity index is 2.11. The molecule has 3 rings (SSSR count). The molecule has 0 unspecified atom stereocenters. The fourth-order valence-corrected chi connectivity index (χ4v) is 2.96. The molecule has 68 valence electrons. The van der Waals surface area contributed by atoms with Gasteiger partial charge in [-0.25, -0.2) is 0 Å². The summed E-state index contributed by atoms with van der Waals surface area (Å²) < 4.78 is 0. The summed E-state index contributed by atoms with van der Waals surface area (Å²) in [5.41, 5.74) is 3.47. The van der Waals surface area contributed by atoms with Crippen LogP contribution in [-0.2, 0) is 5.41 Å². The molecule has 1 aliphatic carbocycles. The SMILES string of the molecule is c1ccc2c(c1)NCC21CCCC1. The first-order valence-electron chi connectivity index (χ1n) is 5.24. The molecule has 1 fully saturated rings. The van der Waals surface area contributed by atoms with Gasteiger partial charge in [0.2, 0.25) is 0 Å². The highest BCUT2D eigenvalue weighted by molar-refractivity contribution is 5.60. The van der Waals surface area contributed by atoms with Gasteiger partial charge >= 0.3 is 0 Å².